The van der Waals surface area contributed by atoms with Crippen LogP contribution in [-0.4, -0.2) is 15.0 Å². The predicted octanol–water partition coefficient (Wildman–Crippen LogP) is 13.2. The van der Waals surface area contributed by atoms with Crippen molar-refractivity contribution in [3.05, 3.63) is 182 Å². The van der Waals surface area contributed by atoms with E-state index in [0.717, 1.165) is 89.1 Å². The van der Waals surface area contributed by atoms with E-state index in [4.69, 9.17) is 24.1 Å². The van der Waals surface area contributed by atoms with Crippen LogP contribution in [0, 0.1) is 0 Å². The highest BCUT2D eigenvalue weighted by Gasteiger charge is 2.25. The molecule has 1 aliphatic heterocycles. The maximum atomic E-state index is 6.78. The van der Waals surface area contributed by atoms with Gasteiger partial charge in [0.25, 0.3) is 0 Å². The molecule has 2 aromatic heterocycles. The molecule has 0 atom stereocenters. The fourth-order valence-corrected chi connectivity index (χ4v) is 7.75. The first kappa shape index (κ1) is 31.0. The zero-order chi connectivity index (χ0) is 36.3. The highest BCUT2D eigenvalue weighted by molar-refractivity contribution is 6.12. The van der Waals surface area contributed by atoms with Gasteiger partial charge in [-0.2, -0.15) is 0 Å². The summed E-state index contributed by atoms with van der Waals surface area (Å²) in [6.45, 7) is 0. The van der Waals surface area contributed by atoms with Gasteiger partial charge in [-0.05, 0) is 66.2 Å². The van der Waals surface area contributed by atoms with E-state index < -0.39 is 0 Å². The Balaban J connectivity index is 1.05. The van der Waals surface area contributed by atoms with Crippen molar-refractivity contribution < 1.29 is 9.15 Å². The third kappa shape index (κ3) is 5.23. The lowest BCUT2D eigenvalue weighted by Gasteiger charge is -2.29. The number of fused-ring (bicyclic) bond motifs is 5. The lowest BCUT2D eigenvalue weighted by molar-refractivity contribution is 0.487. The molecule has 0 spiro atoms. The van der Waals surface area contributed by atoms with E-state index in [1.807, 2.05) is 84.9 Å². The number of furan rings is 1. The molecule has 0 amide bonds. The van der Waals surface area contributed by atoms with Crippen LogP contribution in [0.4, 0.5) is 17.1 Å². The molecule has 0 fully saturated rings. The fraction of sp³-hybridized carbons (Fsp3) is 0. The molecule has 258 valence electrons. The van der Waals surface area contributed by atoms with Gasteiger partial charge in [0.2, 0.25) is 0 Å². The molecule has 0 saturated carbocycles. The minimum atomic E-state index is 0.583. The Bertz CT molecular complexity index is 3010. The molecule has 0 aliphatic carbocycles. The summed E-state index contributed by atoms with van der Waals surface area (Å²) in [5.41, 5.74) is 9.71. The number of rotatable bonds is 6. The molecule has 8 aromatic carbocycles. The van der Waals surface area contributed by atoms with Gasteiger partial charge in [0, 0.05) is 55.2 Å². The average molecular weight is 707 g/mol. The second-order valence-corrected chi connectivity index (χ2v) is 13.6. The van der Waals surface area contributed by atoms with Crippen molar-refractivity contribution >= 4 is 49.8 Å². The minimum Gasteiger partial charge on any atom is -0.456 e. The van der Waals surface area contributed by atoms with E-state index in [0.29, 0.717) is 17.5 Å². The van der Waals surface area contributed by atoms with Crippen LogP contribution in [0.15, 0.2) is 186 Å². The highest BCUT2D eigenvalue weighted by atomic mass is 16.5. The molecule has 0 bridgehead atoms. The van der Waals surface area contributed by atoms with Gasteiger partial charge in [-0.1, -0.05) is 121 Å². The van der Waals surface area contributed by atoms with Crippen molar-refractivity contribution in [3.8, 4) is 56.8 Å². The molecular weight excluding hydrogens is 677 g/mol. The third-order valence-corrected chi connectivity index (χ3v) is 10.3. The monoisotopic (exact) mass is 706 g/mol. The van der Waals surface area contributed by atoms with Crippen LogP contribution in [0.25, 0.3) is 78.0 Å². The first-order valence-corrected chi connectivity index (χ1v) is 18.3. The molecule has 6 nitrogen and oxygen atoms in total. The average Bonchev–Trinajstić information content (AvgIpc) is 3.63. The van der Waals surface area contributed by atoms with E-state index in [2.05, 4.69) is 102 Å². The highest BCUT2D eigenvalue weighted by Crippen LogP contribution is 2.51. The topological polar surface area (TPSA) is 64.3 Å². The van der Waals surface area contributed by atoms with E-state index >= 15 is 0 Å². The Morgan fingerprint density at radius 1 is 0.382 bits per heavy atom. The summed E-state index contributed by atoms with van der Waals surface area (Å²) in [5, 5.41) is 4.32. The molecule has 1 aliphatic rings. The number of ether oxygens (including phenoxy) is 1. The first-order valence-electron chi connectivity index (χ1n) is 18.3. The van der Waals surface area contributed by atoms with E-state index in [9.17, 15) is 0 Å². The SMILES string of the molecule is c1ccc(-c2nc(-c3ccccc3)nc(-c3ccc4c(c3)Oc3ccc(N(c5ccccc5)c5ccc6oc7ccccc7c6c5)c5cccc-4c35)n2)cc1. The van der Waals surface area contributed by atoms with Gasteiger partial charge >= 0.3 is 0 Å². The van der Waals surface area contributed by atoms with Gasteiger partial charge in [-0.15, -0.1) is 0 Å². The lowest BCUT2D eigenvalue weighted by Crippen LogP contribution is -2.11. The van der Waals surface area contributed by atoms with E-state index in [1.165, 1.54) is 0 Å². The predicted molar refractivity (Wildman–Crippen MR) is 221 cm³/mol. The van der Waals surface area contributed by atoms with Crippen LogP contribution in [0.2, 0.25) is 0 Å². The number of nitrogens with zero attached hydrogens (tertiary/aromatic N) is 4. The van der Waals surface area contributed by atoms with E-state index in [-0.39, 0.29) is 0 Å². The Hall–Kier alpha value is -7.57. The van der Waals surface area contributed by atoms with Crippen molar-refractivity contribution in [2.24, 2.45) is 0 Å². The summed E-state index contributed by atoms with van der Waals surface area (Å²) in [7, 11) is 0. The van der Waals surface area contributed by atoms with E-state index in [1.54, 1.807) is 0 Å². The van der Waals surface area contributed by atoms with Gasteiger partial charge in [-0.3, -0.25) is 0 Å². The fourth-order valence-electron chi connectivity index (χ4n) is 7.75. The Kier molecular flexibility index (Phi) is 7.07. The molecule has 55 heavy (non-hydrogen) atoms. The summed E-state index contributed by atoms with van der Waals surface area (Å²) < 4.78 is 13.0. The first-order chi connectivity index (χ1) is 27.2. The lowest BCUT2D eigenvalue weighted by atomic mass is 9.92. The van der Waals surface area contributed by atoms with Crippen LogP contribution >= 0.6 is 0 Å². The maximum absolute atomic E-state index is 6.78. The van der Waals surface area contributed by atoms with Crippen LogP contribution in [0.5, 0.6) is 11.5 Å². The third-order valence-electron chi connectivity index (χ3n) is 10.3. The quantitative estimate of drug-likeness (QED) is 0.171. The van der Waals surface area contributed by atoms with Gasteiger partial charge in [0.1, 0.15) is 22.7 Å². The number of hydrogen-bond donors (Lipinski definition) is 0. The summed E-state index contributed by atoms with van der Waals surface area (Å²) >= 11 is 0. The number of anilines is 3. The Morgan fingerprint density at radius 2 is 1.02 bits per heavy atom. The summed E-state index contributed by atoms with van der Waals surface area (Å²) in [5.74, 6) is 3.38. The molecular formula is C49H30N4O2. The van der Waals surface area contributed by atoms with Crippen molar-refractivity contribution in [1.29, 1.82) is 0 Å². The van der Waals surface area contributed by atoms with Crippen molar-refractivity contribution in [1.82, 2.24) is 15.0 Å². The number of para-hydroxylation sites is 2. The molecule has 11 rings (SSSR count). The summed E-state index contributed by atoms with van der Waals surface area (Å²) in [6.07, 6.45) is 0. The minimum absolute atomic E-state index is 0.583. The second kappa shape index (κ2) is 12.5. The Labute approximate surface area is 316 Å². The standard InChI is InChI=1S/C49H30N4O2/c1-4-13-31(14-5-1)47-50-48(32-15-6-2-7-16-32)52-49(51-47)33-23-25-37-38-20-12-21-39-41(26-28-44(46(38)39)55-45(37)29-33)53(34-17-8-3-9-18-34)35-24-27-43-40(30-35)36-19-10-11-22-42(36)54-43/h1-30H. The van der Waals surface area contributed by atoms with Crippen LogP contribution < -0.4 is 9.64 Å². The molecule has 0 radical (unpaired) electrons. The molecule has 0 saturated heterocycles. The largest absolute Gasteiger partial charge is 0.456 e. The zero-order valence-electron chi connectivity index (χ0n) is 29.4. The molecule has 0 unspecified atom stereocenters. The van der Waals surface area contributed by atoms with Gasteiger partial charge in [-0.25, -0.2) is 15.0 Å². The van der Waals surface area contributed by atoms with Crippen molar-refractivity contribution in [2.75, 3.05) is 4.90 Å². The van der Waals surface area contributed by atoms with Gasteiger partial charge in [0.15, 0.2) is 17.5 Å². The molecule has 0 N–H and O–H groups in total. The van der Waals surface area contributed by atoms with Crippen molar-refractivity contribution in [2.45, 2.75) is 0 Å². The maximum Gasteiger partial charge on any atom is 0.164 e. The molecule has 3 heterocycles. The Morgan fingerprint density at radius 3 is 1.76 bits per heavy atom. The van der Waals surface area contributed by atoms with Crippen molar-refractivity contribution in [3.63, 3.8) is 0 Å². The smallest absolute Gasteiger partial charge is 0.164 e. The normalized spacial score (nSPS) is 11.8. The number of hydrogen-bond acceptors (Lipinski definition) is 6. The zero-order valence-corrected chi connectivity index (χ0v) is 29.4. The number of benzene rings is 8. The van der Waals surface area contributed by atoms with Crippen LogP contribution in [-0.2, 0) is 0 Å². The van der Waals surface area contributed by atoms with Crippen LogP contribution in [0.3, 0.4) is 0 Å². The van der Waals surface area contributed by atoms with Gasteiger partial charge in [0.05, 0.1) is 5.69 Å². The summed E-state index contributed by atoms with van der Waals surface area (Å²) in [6, 6.07) is 62.2. The van der Waals surface area contributed by atoms with Gasteiger partial charge < -0.3 is 14.1 Å². The molecule has 6 heteroatoms. The summed E-state index contributed by atoms with van der Waals surface area (Å²) in [4.78, 5) is 17.1. The molecule has 10 aromatic rings. The number of aromatic nitrogens is 3. The van der Waals surface area contributed by atoms with Crippen LogP contribution in [0.1, 0.15) is 0 Å². The second-order valence-electron chi connectivity index (χ2n) is 13.6.